The summed E-state index contributed by atoms with van der Waals surface area (Å²) >= 11 is 0. The molecule has 2 fully saturated rings. The lowest BCUT2D eigenvalue weighted by Gasteiger charge is -2.36. The van der Waals surface area contributed by atoms with Gasteiger partial charge in [-0.15, -0.1) is 0 Å². The van der Waals surface area contributed by atoms with Gasteiger partial charge in [0, 0.05) is 17.5 Å². The minimum Gasteiger partial charge on any atom is -0.494 e. The van der Waals surface area contributed by atoms with Gasteiger partial charge in [-0.2, -0.15) is 0 Å². The minimum absolute atomic E-state index is 0.0978. The van der Waals surface area contributed by atoms with Crippen LogP contribution in [0.2, 0.25) is 0 Å². The van der Waals surface area contributed by atoms with Crippen LogP contribution in [0.3, 0.4) is 0 Å². The lowest BCUT2D eigenvalue weighted by atomic mass is 9.80. The molecular formula is C31H35FN2O5. The largest absolute Gasteiger partial charge is 0.494 e. The van der Waals surface area contributed by atoms with E-state index in [-0.39, 0.29) is 36.5 Å². The van der Waals surface area contributed by atoms with Gasteiger partial charge in [0.2, 0.25) is 0 Å². The smallest absolute Gasteiger partial charge is 0.163 e. The van der Waals surface area contributed by atoms with Gasteiger partial charge in [0.15, 0.2) is 17.3 Å². The summed E-state index contributed by atoms with van der Waals surface area (Å²) in [5.74, 6) is 1.55. The van der Waals surface area contributed by atoms with E-state index in [0.29, 0.717) is 51.7 Å². The van der Waals surface area contributed by atoms with E-state index in [4.69, 9.17) is 19.2 Å². The van der Waals surface area contributed by atoms with Crippen molar-refractivity contribution in [2.75, 3.05) is 27.3 Å². The number of nitrogens with zero attached hydrogens (tertiary/aromatic N) is 1. The molecule has 5 rings (SSSR count). The van der Waals surface area contributed by atoms with Crippen LogP contribution in [0.5, 0.6) is 17.2 Å². The molecule has 0 amide bonds. The third-order valence-corrected chi connectivity index (χ3v) is 7.55. The highest BCUT2D eigenvalue weighted by Crippen LogP contribution is 2.39. The highest BCUT2D eigenvalue weighted by molar-refractivity contribution is 5.96. The second-order valence-corrected chi connectivity index (χ2v) is 10.6. The van der Waals surface area contributed by atoms with E-state index >= 15 is 0 Å². The molecule has 0 spiro atoms. The van der Waals surface area contributed by atoms with Crippen LogP contribution >= 0.6 is 0 Å². The van der Waals surface area contributed by atoms with Gasteiger partial charge in [0.05, 0.1) is 26.0 Å². The standard InChI is InChI=1S/C31H35FN2O5/c1-19-14-22(4-8-24(19)32)30-27(37-2)10-11-29(34-30)31(36,16-20-17-33-18-20)13-12-25(35)21-5-9-26(28(15-21)38-3)39-23-6-7-23/h4-5,8-11,14-15,20,23,33,36H,6-7,12-13,16-18H2,1-3H3. The maximum absolute atomic E-state index is 14.0. The lowest BCUT2D eigenvalue weighted by Crippen LogP contribution is -2.46. The van der Waals surface area contributed by atoms with Crippen LogP contribution in [-0.2, 0) is 5.60 Å². The molecule has 1 saturated heterocycles. The highest BCUT2D eigenvalue weighted by Gasteiger charge is 2.37. The van der Waals surface area contributed by atoms with Crippen molar-refractivity contribution >= 4 is 5.78 Å². The van der Waals surface area contributed by atoms with Gasteiger partial charge in [-0.05, 0) is 106 Å². The van der Waals surface area contributed by atoms with E-state index in [2.05, 4.69) is 5.32 Å². The second kappa shape index (κ2) is 11.3. The Labute approximate surface area is 228 Å². The summed E-state index contributed by atoms with van der Waals surface area (Å²) in [6.07, 6.45) is 3.07. The Morgan fingerprint density at radius 3 is 2.44 bits per heavy atom. The summed E-state index contributed by atoms with van der Waals surface area (Å²) in [4.78, 5) is 18.1. The summed E-state index contributed by atoms with van der Waals surface area (Å²) in [5.41, 5.74) is 1.34. The Kier molecular flexibility index (Phi) is 7.86. The number of carbonyl (C=O) groups excluding carboxylic acids is 1. The summed E-state index contributed by atoms with van der Waals surface area (Å²) < 4.78 is 30.8. The molecule has 0 bridgehead atoms. The summed E-state index contributed by atoms with van der Waals surface area (Å²) in [7, 11) is 3.11. The average Bonchev–Trinajstić information content (AvgIpc) is 3.75. The van der Waals surface area contributed by atoms with Crippen LogP contribution in [0, 0.1) is 18.7 Å². The van der Waals surface area contributed by atoms with Crippen molar-refractivity contribution in [3.8, 4) is 28.5 Å². The molecule has 7 nitrogen and oxygen atoms in total. The van der Waals surface area contributed by atoms with Crippen molar-refractivity contribution in [1.82, 2.24) is 10.3 Å². The summed E-state index contributed by atoms with van der Waals surface area (Å²) in [6.45, 7) is 3.30. The zero-order chi connectivity index (χ0) is 27.6. The number of halogens is 1. The molecule has 2 aromatic carbocycles. The van der Waals surface area contributed by atoms with Gasteiger partial charge < -0.3 is 24.6 Å². The monoisotopic (exact) mass is 534 g/mol. The molecule has 1 unspecified atom stereocenters. The Hall–Kier alpha value is -3.49. The quantitative estimate of drug-likeness (QED) is 0.308. The molecule has 1 aliphatic heterocycles. The fourth-order valence-corrected chi connectivity index (χ4v) is 4.94. The molecule has 39 heavy (non-hydrogen) atoms. The molecule has 206 valence electrons. The lowest BCUT2D eigenvalue weighted by molar-refractivity contribution is -0.00958. The Bertz CT molecular complexity index is 1350. The number of nitrogens with one attached hydrogen (secondary N) is 1. The van der Waals surface area contributed by atoms with Gasteiger partial charge in [0.25, 0.3) is 0 Å². The van der Waals surface area contributed by atoms with Crippen molar-refractivity contribution in [3.05, 3.63) is 71.2 Å². The third-order valence-electron chi connectivity index (χ3n) is 7.55. The first kappa shape index (κ1) is 27.1. The van der Waals surface area contributed by atoms with Crippen LogP contribution in [0.4, 0.5) is 4.39 Å². The van der Waals surface area contributed by atoms with Gasteiger partial charge in [-0.25, -0.2) is 9.37 Å². The minimum atomic E-state index is -1.34. The SMILES string of the molecule is COc1cc(C(=O)CCC(O)(CC2CNC2)c2ccc(OC)c(-c3ccc(F)c(C)c3)n2)ccc1OC1CC1. The van der Waals surface area contributed by atoms with Crippen molar-refractivity contribution < 1.29 is 28.5 Å². The first-order valence-corrected chi connectivity index (χ1v) is 13.4. The Morgan fingerprint density at radius 2 is 1.79 bits per heavy atom. The van der Waals surface area contributed by atoms with Crippen molar-refractivity contribution in [2.45, 2.75) is 50.7 Å². The van der Waals surface area contributed by atoms with Crippen LogP contribution in [0.15, 0.2) is 48.5 Å². The third kappa shape index (κ3) is 6.07. The number of rotatable bonds is 12. The maximum atomic E-state index is 14.0. The number of carbonyl (C=O) groups is 1. The normalized spacial score (nSPS) is 16.7. The number of aliphatic hydroxyl groups is 1. The second-order valence-electron chi connectivity index (χ2n) is 10.6. The molecule has 1 aromatic heterocycles. The number of aryl methyl sites for hydroxylation is 1. The Morgan fingerprint density at radius 1 is 1.05 bits per heavy atom. The van der Waals surface area contributed by atoms with Crippen LogP contribution in [0.25, 0.3) is 11.3 Å². The van der Waals surface area contributed by atoms with E-state index in [1.54, 1.807) is 63.6 Å². The maximum Gasteiger partial charge on any atom is 0.163 e. The van der Waals surface area contributed by atoms with Gasteiger partial charge in [0.1, 0.15) is 22.9 Å². The fourth-order valence-electron chi connectivity index (χ4n) is 4.94. The molecule has 2 heterocycles. The number of ether oxygens (including phenoxy) is 3. The van der Waals surface area contributed by atoms with Crippen molar-refractivity contribution in [1.29, 1.82) is 0 Å². The van der Waals surface area contributed by atoms with E-state index in [9.17, 15) is 14.3 Å². The number of aromatic nitrogens is 1. The van der Waals surface area contributed by atoms with Crippen molar-refractivity contribution in [2.24, 2.45) is 5.92 Å². The molecule has 1 saturated carbocycles. The molecule has 1 atom stereocenters. The first-order chi connectivity index (χ1) is 18.8. The van der Waals surface area contributed by atoms with Gasteiger partial charge >= 0.3 is 0 Å². The Balaban J connectivity index is 1.41. The zero-order valence-corrected chi connectivity index (χ0v) is 22.6. The van der Waals surface area contributed by atoms with Gasteiger partial charge in [-0.3, -0.25) is 4.79 Å². The predicted molar refractivity (Wildman–Crippen MR) is 146 cm³/mol. The number of ketones is 1. The highest BCUT2D eigenvalue weighted by atomic mass is 19.1. The van der Waals surface area contributed by atoms with Crippen LogP contribution < -0.4 is 19.5 Å². The molecule has 8 heteroatoms. The number of hydrogen-bond acceptors (Lipinski definition) is 7. The topological polar surface area (TPSA) is 89.9 Å². The van der Waals surface area contributed by atoms with Crippen molar-refractivity contribution in [3.63, 3.8) is 0 Å². The number of pyridine rings is 1. The predicted octanol–water partition coefficient (Wildman–Crippen LogP) is 5.21. The van der Waals surface area contributed by atoms with E-state index in [0.717, 1.165) is 25.9 Å². The molecule has 0 radical (unpaired) electrons. The molecular weight excluding hydrogens is 499 g/mol. The number of hydrogen-bond donors (Lipinski definition) is 2. The van der Waals surface area contributed by atoms with E-state index < -0.39 is 5.60 Å². The summed E-state index contributed by atoms with van der Waals surface area (Å²) in [5, 5.41) is 15.3. The number of methoxy groups -OCH3 is 2. The molecule has 2 N–H and O–H groups in total. The molecule has 2 aliphatic rings. The first-order valence-electron chi connectivity index (χ1n) is 13.4. The van der Waals surface area contributed by atoms with E-state index in [1.807, 2.05) is 0 Å². The number of benzene rings is 2. The fraction of sp³-hybridized carbons (Fsp3) is 0.419. The summed E-state index contributed by atoms with van der Waals surface area (Å²) in [6, 6.07) is 13.5. The number of Topliss-reactive ketones (excluding diaryl/α,β-unsaturated/α-hetero) is 1. The average molecular weight is 535 g/mol. The molecule has 3 aromatic rings. The van der Waals surface area contributed by atoms with Gasteiger partial charge in [-0.1, -0.05) is 0 Å². The molecule has 1 aliphatic carbocycles. The van der Waals surface area contributed by atoms with Crippen LogP contribution in [-0.4, -0.2) is 49.3 Å². The zero-order valence-electron chi connectivity index (χ0n) is 22.6. The van der Waals surface area contributed by atoms with E-state index in [1.165, 1.54) is 6.07 Å². The van der Waals surface area contributed by atoms with Crippen LogP contribution in [0.1, 0.15) is 53.7 Å².